The minimum atomic E-state index is -1.76. The van der Waals surface area contributed by atoms with Crippen LogP contribution in [0.15, 0.2) is 54.7 Å². The number of fused-ring (bicyclic) bond motifs is 5. The number of benzene rings is 1. The first-order valence-corrected chi connectivity index (χ1v) is 15.0. The van der Waals surface area contributed by atoms with Crippen LogP contribution in [0.1, 0.15) is 51.7 Å². The highest BCUT2D eigenvalue weighted by molar-refractivity contribution is 5.98. The molecule has 2 saturated heterocycles. The van der Waals surface area contributed by atoms with Crippen LogP contribution in [0.4, 0.5) is 10.5 Å². The standard InChI is InChI=1S/C34H44N2O9/c1-9-23(10-2)30-24-15-22(16-25(30)41-7)14-20(3)12-11-13-27(42-8)34(40)18-26(44-32(39)35-34)21(4)31-33(5,45-31)28(43-19-37)17-29(38)36(24)6/h9-13,15-16,19,21,26-28,31,40H,1,14,17-18H2,2-8H3,(H,35,39)/b13-11+,20-12+,23-10+/t21-,26+,27-,28+,31+,33+,34+/m1/s1. The molecular weight excluding hydrogens is 580 g/mol. The van der Waals surface area contributed by atoms with Crippen LogP contribution >= 0.6 is 0 Å². The Morgan fingerprint density at radius 3 is 2.62 bits per heavy atom. The van der Waals surface area contributed by atoms with Gasteiger partial charge in [-0.3, -0.25) is 14.9 Å². The quantitative estimate of drug-likeness (QED) is 0.271. The van der Waals surface area contributed by atoms with Gasteiger partial charge < -0.3 is 33.7 Å². The van der Waals surface area contributed by atoms with Crippen molar-refractivity contribution >= 4 is 29.7 Å². The molecule has 2 N–H and O–H groups in total. The molecule has 45 heavy (non-hydrogen) atoms. The number of ether oxygens (including phenoxy) is 5. The van der Waals surface area contributed by atoms with Crippen molar-refractivity contribution in [2.45, 2.75) is 82.7 Å². The van der Waals surface area contributed by atoms with E-state index >= 15 is 0 Å². The van der Waals surface area contributed by atoms with Gasteiger partial charge in [-0.05, 0) is 50.5 Å². The molecule has 2 fully saturated rings. The maximum absolute atomic E-state index is 13.9. The number of hydrogen-bond acceptors (Lipinski definition) is 9. The van der Waals surface area contributed by atoms with Crippen molar-refractivity contribution in [2.75, 3.05) is 26.2 Å². The van der Waals surface area contributed by atoms with Gasteiger partial charge in [0.05, 0.1) is 25.3 Å². The summed E-state index contributed by atoms with van der Waals surface area (Å²) >= 11 is 0. The van der Waals surface area contributed by atoms with Crippen LogP contribution in [-0.2, 0) is 35.0 Å². The van der Waals surface area contributed by atoms with Crippen LogP contribution in [0.5, 0.6) is 5.75 Å². The van der Waals surface area contributed by atoms with Gasteiger partial charge in [0.2, 0.25) is 5.91 Å². The number of nitrogens with one attached hydrogen (secondary N) is 1. The topological polar surface area (TPSA) is 136 Å². The first kappa shape index (κ1) is 34.0. The molecule has 4 rings (SSSR count). The minimum Gasteiger partial charge on any atom is -0.496 e. The number of hydrogen-bond donors (Lipinski definition) is 2. The number of allylic oxidation sites excluding steroid dienone is 6. The minimum absolute atomic E-state index is 0.00719. The molecule has 11 nitrogen and oxygen atoms in total. The second kappa shape index (κ2) is 13.6. The molecule has 2 amide bonds. The predicted molar refractivity (Wildman–Crippen MR) is 169 cm³/mol. The number of rotatable bonds is 6. The van der Waals surface area contributed by atoms with Crippen LogP contribution in [0.3, 0.4) is 0 Å². The average molecular weight is 625 g/mol. The van der Waals surface area contributed by atoms with E-state index in [9.17, 15) is 19.5 Å². The zero-order valence-corrected chi connectivity index (χ0v) is 27.0. The van der Waals surface area contributed by atoms with E-state index in [0.29, 0.717) is 29.9 Å². The molecule has 0 aliphatic carbocycles. The van der Waals surface area contributed by atoms with Crippen molar-refractivity contribution < 1.29 is 43.2 Å². The fourth-order valence-electron chi connectivity index (χ4n) is 6.40. The zero-order chi connectivity index (χ0) is 33.1. The van der Waals surface area contributed by atoms with Crippen LogP contribution in [0.2, 0.25) is 0 Å². The van der Waals surface area contributed by atoms with Gasteiger partial charge in [0, 0.05) is 32.1 Å². The third kappa shape index (κ3) is 6.85. The van der Waals surface area contributed by atoms with Gasteiger partial charge in [-0.25, -0.2) is 4.79 Å². The Hall–Kier alpha value is -3.93. The van der Waals surface area contributed by atoms with Crippen LogP contribution in [-0.4, -0.2) is 80.6 Å². The van der Waals surface area contributed by atoms with E-state index < -0.39 is 47.8 Å². The highest BCUT2D eigenvalue weighted by atomic mass is 16.6. The van der Waals surface area contributed by atoms with Gasteiger partial charge in [-0.15, -0.1) is 0 Å². The maximum Gasteiger partial charge on any atom is 0.409 e. The summed E-state index contributed by atoms with van der Waals surface area (Å²) in [7, 11) is 4.70. The van der Waals surface area contributed by atoms with Gasteiger partial charge in [0.1, 0.15) is 29.7 Å². The Balaban J connectivity index is 1.85. The highest BCUT2D eigenvalue weighted by Crippen LogP contribution is 2.49. The molecule has 1 aromatic rings. The molecule has 7 atom stereocenters. The Morgan fingerprint density at radius 2 is 2.00 bits per heavy atom. The van der Waals surface area contributed by atoms with E-state index in [1.54, 1.807) is 39.3 Å². The van der Waals surface area contributed by atoms with E-state index in [-0.39, 0.29) is 18.7 Å². The van der Waals surface area contributed by atoms with E-state index in [4.69, 9.17) is 23.7 Å². The number of amides is 2. The summed E-state index contributed by atoms with van der Waals surface area (Å²) in [6.07, 6.45) is 5.38. The Bertz CT molecular complexity index is 1420. The van der Waals surface area contributed by atoms with Crippen molar-refractivity contribution in [3.05, 3.63) is 65.8 Å². The van der Waals surface area contributed by atoms with Crippen LogP contribution in [0.25, 0.3) is 5.57 Å². The van der Waals surface area contributed by atoms with Gasteiger partial charge >= 0.3 is 6.09 Å². The molecule has 244 valence electrons. The summed E-state index contributed by atoms with van der Waals surface area (Å²) in [5, 5.41) is 14.1. The number of epoxide rings is 1. The second-order valence-corrected chi connectivity index (χ2v) is 12.0. The molecule has 0 spiro atoms. The molecule has 3 aliphatic rings. The molecule has 11 heteroatoms. The van der Waals surface area contributed by atoms with Gasteiger partial charge in [-0.2, -0.15) is 0 Å². The average Bonchev–Trinajstić information content (AvgIpc) is 3.70. The summed E-state index contributed by atoms with van der Waals surface area (Å²) in [5.74, 6) is -0.175. The number of aliphatic hydroxyl groups is 1. The number of alkyl carbamates (subject to hydrolysis) is 1. The van der Waals surface area contributed by atoms with E-state index in [1.807, 2.05) is 45.1 Å². The lowest BCUT2D eigenvalue weighted by Gasteiger charge is -2.42. The summed E-state index contributed by atoms with van der Waals surface area (Å²) in [6, 6.07) is 3.86. The molecule has 0 aromatic heterocycles. The lowest BCUT2D eigenvalue weighted by molar-refractivity contribution is -0.142. The van der Waals surface area contributed by atoms with Crippen molar-refractivity contribution in [1.82, 2.24) is 5.32 Å². The number of nitrogens with zero attached hydrogens (tertiary/aromatic N) is 1. The van der Waals surface area contributed by atoms with E-state index in [1.165, 1.54) is 12.0 Å². The van der Waals surface area contributed by atoms with Crippen molar-refractivity contribution in [3.63, 3.8) is 0 Å². The molecule has 3 heterocycles. The maximum atomic E-state index is 13.9. The van der Waals surface area contributed by atoms with Gasteiger partial charge in [0.25, 0.3) is 6.47 Å². The third-order valence-electron chi connectivity index (χ3n) is 9.05. The normalized spacial score (nSPS) is 34.3. The fraction of sp³-hybridized carbons (Fsp3) is 0.500. The molecule has 0 unspecified atom stereocenters. The molecular formula is C34H44N2O9. The van der Waals surface area contributed by atoms with Crippen molar-refractivity contribution in [3.8, 4) is 5.75 Å². The van der Waals surface area contributed by atoms with Crippen molar-refractivity contribution in [2.24, 2.45) is 5.92 Å². The summed E-state index contributed by atoms with van der Waals surface area (Å²) in [5.41, 5.74) is 1.14. The van der Waals surface area contributed by atoms with Gasteiger partial charge in [-0.1, -0.05) is 49.5 Å². The number of methoxy groups -OCH3 is 2. The molecule has 1 aromatic carbocycles. The van der Waals surface area contributed by atoms with Crippen molar-refractivity contribution in [1.29, 1.82) is 0 Å². The Labute approximate surface area is 264 Å². The van der Waals surface area contributed by atoms with E-state index in [2.05, 4.69) is 11.9 Å². The summed E-state index contributed by atoms with van der Waals surface area (Å²) in [4.78, 5) is 39.7. The first-order chi connectivity index (χ1) is 21.3. The Kier molecular flexibility index (Phi) is 10.3. The highest BCUT2D eigenvalue weighted by Gasteiger charge is 2.64. The largest absolute Gasteiger partial charge is 0.496 e. The summed E-state index contributed by atoms with van der Waals surface area (Å²) in [6.45, 7) is 11.7. The molecule has 0 radical (unpaired) electrons. The van der Waals surface area contributed by atoms with Gasteiger partial charge in [0.15, 0.2) is 5.72 Å². The lowest BCUT2D eigenvalue weighted by Crippen LogP contribution is -2.63. The SMILES string of the molecule is C=C/C(=C\C)c1c(OC)cc2cc1N(C)C(=O)C[C@H](OC=O)[C@]1(C)O[C@H]1[C@H](C)[C@@H]1C[C@@](O)(NC(=O)O1)[C@H](OC)/C=C/C=C(\C)C2. The van der Waals surface area contributed by atoms with Crippen LogP contribution in [0, 0.1) is 5.92 Å². The molecule has 3 aliphatic heterocycles. The fourth-order valence-corrected chi connectivity index (χ4v) is 6.40. The lowest BCUT2D eigenvalue weighted by atomic mass is 9.83. The smallest absolute Gasteiger partial charge is 0.409 e. The zero-order valence-electron chi connectivity index (χ0n) is 27.0. The Morgan fingerprint density at radius 1 is 1.27 bits per heavy atom. The number of anilines is 1. The third-order valence-corrected chi connectivity index (χ3v) is 9.05. The molecule has 0 saturated carbocycles. The number of carbonyl (C=O) groups is 3. The molecule has 4 bridgehead atoms. The first-order valence-electron chi connectivity index (χ1n) is 15.0. The van der Waals surface area contributed by atoms with E-state index in [0.717, 1.165) is 16.7 Å². The van der Waals surface area contributed by atoms with Crippen LogP contribution < -0.4 is 15.0 Å². The monoisotopic (exact) mass is 624 g/mol. The summed E-state index contributed by atoms with van der Waals surface area (Å²) < 4.78 is 28.6. The second-order valence-electron chi connectivity index (χ2n) is 12.0. The number of carbonyl (C=O) groups excluding carboxylic acids is 3. The predicted octanol–water partition coefficient (Wildman–Crippen LogP) is 4.23.